The number of pyridine rings is 1. The van der Waals surface area contributed by atoms with E-state index in [9.17, 15) is 52.8 Å². The average molecular weight is 725 g/mol. The van der Waals surface area contributed by atoms with Gasteiger partial charge in [-0.2, -0.15) is 34.8 Å². The van der Waals surface area contributed by atoms with Gasteiger partial charge < -0.3 is 9.47 Å². The molecule has 0 saturated carbocycles. The number of alkyl halides is 6. The number of halogens is 6. The van der Waals surface area contributed by atoms with Crippen LogP contribution in [0.15, 0.2) is 70.7 Å². The minimum atomic E-state index is -4.90. The van der Waals surface area contributed by atoms with Crippen LogP contribution in [0.25, 0.3) is 0 Å². The van der Waals surface area contributed by atoms with Crippen LogP contribution >= 0.6 is 0 Å². The van der Waals surface area contributed by atoms with Crippen molar-refractivity contribution in [2.75, 3.05) is 16.2 Å². The number of nitrogens with one attached hydrogen (secondary N) is 2. The number of carbonyl (C=O) groups excluding carboxylic acids is 2. The Morgan fingerprint density at radius 3 is 2.19 bits per heavy atom. The first-order valence-electron chi connectivity index (χ1n) is 13.6. The summed E-state index contributed by atoms with van der Waals surface area (Å²) in [5.74, 6) is -1.48. The molecule has 2 heterocycles. The molecule has 2 aromatic carbocycles. The third-order valence-corrected chi connectivity index (χ3v) is 9.35. The summed E-state index contributed by atoms with van der Waals surface area (Å²) in [4.78, 5) is 27.6. The van der Waals surface area contributed by atoms with Gasteiger partial charge in [-0.05, 0) is 69.3 Å². The molecule has 0 spiro atoms. The molecule has 12 nitrogen and oxygen atoms in total. The van der Waals surface area contributed by atoms with Crippen LogP contribution in [0.2, 0.25) is 0 Å². The number of ether oxygens (including phenoxy) is 2. The largest absolute Gasteiger partial charge is 0.486 e. The molecule has 0 unspecified atom stereocenters. The highest BCUT2D eigenvalue weighted by Gasteiger charge is 2.38. The van der Waals surface area contributed by atoms with Crippen LogP contribution in [0, 0.1) is 0 Å². The van der Waals surface area contributed by atoms with Crippen LogP contribution in [0.5, 0.6) is 5.75 Å². The Bertz CT molecular complexity index is 1930. The van der Waals surface area contributed by atoms with Crippen molar-refractivity contribution in [3.8, 4) is 5.75 Å². The number of rotatable bonds is 7. The molecule has 260 valence electrons. The average Bonchev–Trinajstić information content (AvgIpc) is 2.94. The number of hydrogen-bond donors (Lipinski definition) is 2. The van der Waals surface area contributed by atoms with E-state index in [0.717, 1.165) is 18.2 Å². The molecule has 0 saturated heterocycles. The Morgan fingerprint density at radius 2 is 1.60 bits per heavy atom. The summed E-state index contributed by atoms with van der Waals surface area (Å²) in [5, 5.41) is 1.48. The number of sulfonamides is 2. The van der Waals surface area contributed by atoms with Gasteiger partial charge in [0, 0.05) is 11.9 Å². The van der Waals surface area contributed by atoms with Gasteiger partial charge in [-0.15, -0.1) is 0 Å². The zero-order valence-corrected chi connectivity index (χ0v) is 26.6. The fourth-order valence-corrected chi connectivity index (χ4v) is 6.73. The molecular formula is C28H26F6N4O8S2. The fraction of sp³-hybridized carbons (Fsp3) is 0.321. The highest BCUT2D eigenvalue weighted by molar-refractivity contribution is 7.92. The van der Waals surface area contributed by atoms with E-state index in [1.54, 1.807) is 25.5 Å². The molecule has 1 atom stereocenters. The Morgan fingerprint density at radius 1 is 0.938 bits per heavy atom. The predicted molar refractivity (Wildman–Crippen MR) is 156 cm³/mol. The standard InChI is InChI=1S/C28H26F6N4O8S2/c1-26(2,3)46-25(40)36-18-8-9-22-21(12-18)38(48(43,44)20-6-4-5-16(11-20)27(29,30)31)15-19(45-22)13-23(39)37-47(41,42)24-10-7-17(14-35-24)28(32,33)34/h4-12,14,19H,13,15H2,1-3H3,(H,36,40)(H,37,39)/t19-/m0/s1. The van der Waals surface area contributed by atoms with Gasteiger partial charge in [-0.1, -0.05) is 6.07 Å². The lowest BCUT2D eigenvalue weighted by Crippen LogP contribution is -2.46. The molecule has 1 aromatic heterocycles. The van der Waals surface area contributed by atoms with Crippen LogP contribution in [-0.4, -0.2) is 52.1 Å². The molecule has 1 aliphatic rings. The van der Waals surface area contributed by atoms with Gasteiger partial charge in [0.1, 0.15) is 17.5 Å². The molecular weight excluding hydrogens is 698 g/mol. The first kappa shape index (κ1) is 36.2. The predicted octanol–water partition coefficient (Wildman–Crippen LogP) is 5.32. The van der Waals surface area contributed by atoms with E-state index in [4.69, 9.17) is 9.47 Å². The second kappa shape index (κ2) is 12.8. The lowest BCUT2D eigenvalue weighted by atomic mass is 10.1. The smallest absolute Gasteiger partial charge is 0.417 e. The first-order chi connectivity index (χ1) is 22.0. The van der Waals surface area contributed by atoms with Gasteiger partial charge in [-0.3, -0.25) is 14.4 Å². The third kappa shape index (κ3) is 8.65. The molecule has 0 aliphatic carbocycles. The number of nitrogens with zero attached hydrogens (tertiary/aromatic N) is 2. The fourth-order valence-electron chi connectivity index (χ4n) is 4.26. The molecule has 4 rings (SSSR count). The Labute approximate surface area is 270 Å². The number of hydrogen-bond acceptors (Lipinski definition) is 9. The number of anilines is 2. The quantitative estimate of drug-likeness (QED) is 0.308. The van der Waals surface area contributed by atoms with E-state index in [-0.39, 0.29) is 23.3 Å². The van der Waals surface area contributed by atoms with E-state index in [2.05, 4.69) is 10.3 Å². The highest BCUT2D eigenvalue weighted by atomic mass is 32.2. The van der Waals surface area contributed by atoms with Crippen LogP contribution in [0.1, 0.15) is 38.3 Å². The molecule has 1 aliphatic heterocycles. The summed E-state index contributed by atoms with van der Waals surface area (Å²) in [6.07, 6.45) is -12.6. The first-order valence-corrected chi connectivity index (χ1v) is 16.5. The van der Waals surface area contributed by atoms with Gasteiger partial charge in [0.25, 0.3) is 20.0 Å². The van der Waals surface area contributed by atoms with Gasteiger partial charge in [0.15, 0.2) is 5.03 Å². The number of fused-ring (bicyclic) bond motifs is 1. The molecule has 20 heteroatoms. The minimum Gasteiger partial charge on any atom is -0.486 e. The molecule has 48 heavy (non-hydrogen) atoms. The normalized spacial score (nSPS) is 15.6. The lowest BCUT2D eigenvalue weighted by molar-refractivity contribution is -0.138. The monoisotopic (exact) mass is 724 g/mol. The number of amides is 2. The van der Waals surface area contributed by atoms with E-state index in [1.165, 1.54) is 12.1 Å². The Hall–Kier alpha value is -4.59. The van der Waals surface area contributed by atoms with Crippen molar-refractivity contribution >= 4 is 43.4 Å². The van der Waals surface area contributed by atoms with Crippen molar-refractivity contribution in [3.05, 3.63) is 71.9 Å². The van der Waals surface area contributed by atoms with Crippen LogP contribution in [-0.2, 0) is 41.9 Å². The SMILES string of the molecule is CC(C)(C)OC(=O)Nc1ccc2c(c1)N(S(=O)(=O)c1cccc(C(F)(F)F)c1)C[C@H](CC(=O)NS(=O)(=O)c1ccc(C(F)(F)F)cn1)O2. The highest BCUT2D eigenvalue weighted by Crippen LogP contribution is 2.40. The number of benzene rings is 2. The summed E-state index contributed by atoms with van der Waals surface area (Å²) >= 11 is 0. The zero-order valence-electron chi connectivity index (χ0n) is 25.0. The summed E-state index contributed by atoms with van der Waals surface area (Å²) in [7, 11) is -9.63. The molecule has 0 radical (unpaired) electrons. The van der Waals surface area contributed by atoms with E-state index >= 15 is 0 Å². The zero-order chi connectivity index (χ0) is 35.9. The van der Waals surface area contributed by atoms with Gasteiger partial charge in [0.2, 0.25) is 5.91 Å². The maximum Gasteiger partial charge on any atom is 0.417 e. The summed E-state index contributed by atoms with van der Waals surface area (Å²) in [5.41, 5.74) is -3.66. The van der Waals surface area contributed by atoms with E-state index < -0.39 is 90.1 Å². The van der Waals surface area contributed by atoms with Gasteiger partial charge in [0.05, 0.1) is 34.7 Å². The van der Waals surface area contributed by atoms with Crippen molar-refractivity contribution in [3.63, 3.8) is 0 Å². The van der Waals surface area contributed by atoms with Crippen molar-refractivity contribution in [1.29, 1.82) is 0 Å². The van der Waals surface area contributed by atoms with Crippen molar-refractivity contribution in [2.45, 2.75) is 61.2 Å². The Balaban J connectivity index is 1.65. The Kier molecular flexibility index (Phi) is 9.66. The molecule has 2 amide bonds. The molecule has 0 fully saturated rings. The topological polar surface area (TPSA) is 161 Å². The van der Waals surface area contributed by atoms with E-state index in [1.807, 2.05) is 0 Å². The van der Waals surface area contributed by atoms with Gasteiger partial charge >= 0.3 is 18.4 Å². The van der Waals surface area contributed by atoms with Crippen molar-refractivity contribution < 1.29 is 62.2 Å². The molecule has 3 aromatic rings. The van der Waals surface area contributed by atoms with Crippen molar-refractivity contribution in [1.82, 2.24) is 9.71 Å². The van der Waals surface area contributed by atoms with Gasteiger partial charge in [-0.25, -0.2) is 22.9 Å². The summed E-state index contributed by atoms with van der Waals surface area (Å²) < 4.78 is 145. The van der Waals surface area contributed by atoms with Crippen LogP contribution in [0.4, 0.5) is 42.5 Å². The number of carbonyl (C=O) groups is 2. The van der Waals surface area contributed by atoms with Crippen molar-refractivity contribution in [2.24, 2.45) is 0 Å². The molecule has 2 N–H and O–H groups in total. The van der Waals surface area contributed by atoms with Crippen LogP contribution < -0.4 is 19.1 Å². The summed E-state index contributed by atoms with van der Waals surface area (Å²) in [6, 6.07) is 7.43. The number of aromatic nitrogens is 1. The maximum atomic E-state index is 13.8. The molecule has 0 bridgehead atoms. The summed E-state index contributed by atoms with van der Waals surface area (Å²) in [6.45, 7) is 4.06. The van der Waals surface area contributed by atoms with E-state index in [0.29, 0.717) is 28.6 Å². The second-order valence-electron chi connectivity index (χ2n) is 11.2. The second-order valence-corrected chi connectivity index (χ2v) is 14.7. The maximum absolute atomic E-state index is 13.8. The third-order valence-electron chi connectivity index (χ3n) is 6.29. The minimum absolute atomic E-state index is 0.00201. The van der Waals surface area contributed by atoms with Crippen LogP contribution in [0.3, 0.4) is 0 Å². The lowest BCUT2D eigenvalue weighted by Gasteiger charge is -2.35.